The molecule has 1 aliphatic heterocycles. The van der Waals surface area contributed by atoms with Crippen LogP contribution in [0.3, 0.4) is 0 Å². The molecule has 3 heteroatoms. The average Bonchev–Trinajstić information content (AvgIpc) is 2.74. The summed E-state index contributed by atoms with van der Waals surface area (Å²) in [5.74, 6) is 0.924. The van der Waals surface area contributed by atoms with Crippen LogP contribution in [0, 0.1) is 5.92 Å². The molecular weight excluding hydrogens is 236 g/mol. The minimum atomic E-state index is -0.00923. The van der Waals surface area contributed by atoms with Crippen molar-refractivity contribution >= 4 is 5.91 Å². The predicted octanol–water partition coefficient (Wildman–Crippen LogP) is 3.07. The monoisotopic (exact) mass is 264 g/mol. The molecule has 0 radical (unpaired) electrons. The first-order chi connectivity index (χ1) is 9.22. The van der Waals surface area contributed by atoms with Crippen LogP contribution >= 0.6 is 0 Å². The predicted molar refractivity (Wildman–Crippen MR) is 78.7 cm³/mol. The summed E-state index contributed by atoms with van der Waals surface area (Å²) >= 11 is 0. The van der Waals surface area contributed by atoms with E-state index in [4.69, 9.17) is 0 Å². The Morgan fingerprint density at radius 2 is 1.84 bits per heavy atom. The summed E-state index contributed by atoms with van der Waals surface area (Å²) in [7, 11) is 1.89. The first-order valence-electron chi connectivity index (χ1n) is 7.89. The fourth-order valence-corrected chi connectivity index (χ4v) is 3.40. The molecule has 2 aliphatic rings. The van der Waals surface area contributed by atoms with Crippen molar-refractivity contribution in [3.05, 3.63) is 12.3 Å². The van der Waals surface area contributed by atoms with Gasteiger partial charge in [0, 0.05) is 12.2 Å². The minimum absolute atomic E-state index is 0.00923. The topological polar surface area (TPSA) is 32.3 Å². The SMILES string of the molecule is C=C1CCCC(NC)C(=O)N1CC1CCCCCC1. The highest BCUT2D eigenvalue weighted by Crippen LogP contribution is 2.27. The Labute approximate surface area is 117 Å². The van der Waals surface area contributed by atoms with E-state index in [1.165, 1.54) is 38.5 Å². The van der Waals surface area contributed by atoms with Crippen LogP contribution in [0.2, 0.25) is 0 Å². The van der Waals surface area contributed by atoms with Gasteiger partial charge in [0.05, 0.1) is 6.04 Å². The van der Waals surface area contributed by atoms with Crippen molar-refractivity contribution < 1.29 is 4.79 Å². The number of carbonyl (C=O) groups excluding carboxylic acids is 1. The highest BCUT2D eigenvalue weighted by molar-refractivity contribution is 5.83. The average molecular weight is 264 g/mol. The molecule has 19 heavy (non-hydrogen) atoms. The summed E-state index contributed by atoms with van der Waals surface area (Å²) in [5.41, 5.74) is 1.03. The van der Waals surface area contributed by atoms with Crippen molar-refractivity contribution in [2.45, 2.75) is 63.8 Å². The van der Waals surface area contributed by atoms with Crippen molar-refractivity contribution in [1.29, 1.82) is 0 Å². The largest absolute Gasteiger partial charge is 0.315 e. The van der Waals surface area contributed by atoms with Gasteiger partial charge in [0.15, 0.2) is 0 Å². The summed E-state index contributed by atoms with van der Waals surface area (Å²) in [6.07, 6.45) is 10.9. The van der Waals surface area contributed by atoms with Gasteiger partial charge in [-0.15, -0.1) is 0 Å². The van der Waals surface area contributed by atoms with E-state index in [1.54, 1.807) is 0 Å². The first kappa shape index (κ1) is 14.6. The van der Waals surface area contributed by atoms with Crippen LogP contribution in [0.15, 0.2) is 12.3 Å². The Morgan fingerprint density at radius 1 is 1.16 bits per heavy atom. The lowest BCUT2D eigenvalue weighted by Crippen LogP contribution is -2.44. The molecule has 1 saturated heterocycles. The molecule has 108 valence electrons. The van der Waals surface area contributed by atoms with E-state index in [-0.39, 0.29) is 11.9 Å². The second-order valence-corrected chi connectivity index (χ2v) is 6.11. The van der Waals surface area contributed by atoms with Crippen molar-refractivity contribution in [3.8, 4) is 0 Å². The third-order valence-corrected chi connectivity index (χ3v) is 4.67. The highest BCUT2D eigenvalue weighted by Gasteiger charge is 2.29. The van der Waals surface area contributed by atoms with Crippen LogP contribution in [-0.2, 0) is 4.79 Å². The second kappa shape index (κ2) is 7.09. The molecule has 1 heterocycles. The lowest BCUT2D eigenvalue weighted by molar-refractivity contribution is -0.131. The van der Waals surface area contributed by atoms with Crippen molar-refractivity contribution in [2.75, 3.05) is 13.6 Å². The number of nitrogens with zero attached hydrogens (tertiary/aromatic N) is 1. The van der Waals surface area contributed by atoms with Crippen molar-refractivity contribution in [2.24, 2.45) is 5.92 Å². The van der Waals surface area contributed by atoms with Crippen LogP contribution in [0.5, 0.6) is 0 Å². The van der Waals surface area contributed by atoms with Crippen molar-refractivity contribution in [3.63, 3.8) is 0 Å². The highest BCUT2D eigenvalue weighted by atomic mass is 16.2. The van der Waals surface area contributed by atoms with Gasteiger partial charge in [-0.1, -0.05) is 32.3 Å². The number of hydrogen-bond acceptors (Lipinski definition) is 2. The zero-order valence-electron chi connectivity index (χ0n) is 12.3. The molecule has 0 aromatic heterocycles. The summed E-state index contributed by atoms with van der Waals surface area (Å²) < 4.78 is 0. The van der Waals surface area contributed by atoms with Gasteiger partial charge < -0.3 is 10.2 Å². The Morgan fingerprint density at radius 3 is 2.47 bits per heavy atom. The standard InChI is InChI=1S/C16H28N2O/c1-13-8-7-11-15(17-2)16(19)18(13)12-14-9-5-3-4-6-10-14/h14-15,17H,1,3-12H2,2H3. The van der Waals surface area contributed by atoms with E-state index in [1.807, 2.05) is 11.9 Å². The zero-order chi connectivity index (χ0) is 13.7. The van der Waals surface area contributed by atoms with Crippen LogP contribution in [0.4, 0.5) is 0 Å². The van der Waals surface area contributed by atoms with E-state index >= 15 is 0 Å². The lowest BCUT2D eigenvalue weighted by atomic mass is 9.99. The summed E-state index contributed by atoms with van der Waals surface area (Å²) in [4.78, 5) is 14.5. The lowest BCUT2D eigenvalue weighted by Gasteiger charge is -2.29. The van der Waals surface area contributed by atoms with Gasteiger partial charge in [-0.3, -0.25) is 4.79 Å². The van der Waals surface area contributed by atoms with Crippen molar-refractivity contribution in [1.82, 2.24) is 10.2 Å². The van der Waals surface area contributed by atoms with E-state index in [2.05, 4.69) is 11.9 Å². The molecule has 1 N–H and O–H groups in total. The van der Waals surface area contributed by atoms with Gasteiger partial charge in [0.1, 0.15) is 0 Å². The van der Waals surface area contributed by atoms with Gasteiger partial charge in [-0.25, -0.2) is 0 Å². The number of hydrogen-bond donors (Lipinski definition) is 1. The smallest absolute Gasteiger partial charge is 0.243 e. The van der Waals surface area contributed by atoms with Crippen LogP contribution < -0.4 is 5.32 Å². The number of nitrogens with one attached hydrogen (secondary N) is 1. The second-order valence-electron chi connectivity index (χ2n) is 6.11. The zero-order valence-corrected chi connectivity index (χ0v) is 12.3. The molecule has 0 aromatic rings. The maximum Gasteiger partial charge on any atom is 0.243 e. The molecule has 0 spiro atoms. The molecule has 1 amide bonds. The molecular formula is C16H28N2O. The van der Waals surface area contributed by atoms with E-state index in [9.17, 15) is 4.79 Å². The number of carbonyl (C=O) groups is 1. The van der Waals surface area contributed by atoms with Gasteiger partial charge >= 0.3 is 0 Å². The van der Waals surface area contributed by atoms with Crippen LogP contribution in [0.25, 0.3) is 0 Å². The van der Waals surface area contributed by atoms with E-state index < -0.39 is 0 Å². The Balaban J connectivity index is 2.01. The van der Waals surface area contributed by atoms with E-state index in [0.717, 1.165) is 31.5 Å². The maximum atomic E-state index is 12.5. The normalized spacial score (nSPS) is 27.2. The number of allylic oxidation sites excluding steroid dienone is 1. The van der Waals surface area contributed by atoms with Gasteiger partial charge in [0.25, 0.3) is 0 Å². The minimum Gasteiger partial charge on any atom is -0.315 e. The third-order valence-electron chi connectivity index (χ3n) is 4.67. The molecule has 2 fully saturated rings. The van der Waals surface area contributed by atoms with Crippen LogP contribution in [-0.4, -0.2) is 30.4 Å². The fraction of sp³-hybridized carbons (Fsp3) is 0.812. The maximum absolute atomic E-state index is 12.5. The summed E-state index contributed by atoms with van der Waals surface area (Å²) in [6, 6.07) is -0.00923. The molecule has 2 rings (SSSR count). The molecule has 3 nitrogen and oxygen atoms in total. The molecule has 1 atom stereocenters. The molecule has 0 bridgehead atoms. The summed E-state index contributed by atoms with van der Waals surface area (Å²) in [5, 5.41) is 3.16. The van der Waals surface area contributed by atoms with Gasteiger partial charge in [0.2, 0.25) is 5.91 Å². The molecule has 1 aliphatic carbocycles. The molecule has 0 aromatic carbocycles. The Hall–Kier alpha value is -0.830. The summed E-state index contributed by atoms with van der Waals surface area (Å²) in [6.45, 7) is 5.04. The third kappa shape index (κ3) is 3.82. The number of likely N-dealkylation sites (tertiary alicyclic amines) is 1. The first-order valence-corrected chi connectivity index (χ1v) is 7.89. The van der Waals surface area contributed by atoms with Crippen LogP contribution in [0.1, 0.15) is 57.8 Å². The molecule has 1 saturated carbocycles. The molecule has 1 unspecified atom stereocenters. The number of amides is 1. The Kier molecular flexibility index (Phi) is 5.44. The fourth-order valence-electron chi connectivity index (χ4n) is 3.40. The van der Waals surface area contributed by atoms with Gasteiger partial charge in [-0.05, 0) is 45.1 Å². The van der Waals surface area contributed by atoms with E-state index in [0.29, 0.717) is 5.92 Å². The number of rotatable bonds is 3. The Bertz CT molecular complexity index is 319. The van der Waals surface area contributed by atoms with Gasteiger partial charge in [-0.2, -0.15) is 0 Å². The number of likely N-dealkylation sites (N-methyl/N-ethyl adjacent to an activating group) is 1. The quantitative estimate of drug-likeness (QED) is 0.795.